The number of aromatic amines is 1. The Hall–Kier alpha value is -1.93. The van der Waals surface area contributed by atoms with Gasteiger partial charge >= 0.3 is 0 Å². The Balaban J connectivity index is 1.52. The van der Waals surface area contributed by atoms with Crippen LogP contribution in [0.5, 0.6) is 0 Å². The average molecular weight is 406 g/mol. The van der Waals surface area contributed by atoms with E-state index in [9.17, 15) is 14.7 Å². The van der Waals surface area contributed by atoms with Crippen molar-refractivity contribution in [1.29, 1.82) is 0 Å². The van der Waals surface area contributed by atoms with E-state index < -0.39 is 5.60 Å². The molecule has 0 saturated carbocycles. The van der Waals surface area contributed by atoms with Crippen LogP contribution in [0.4, 0.5) is 0 Å². The van der Waals surface area contributed by atoms with E-state index in [1.54, 1.807) is 6.92 Å². The van der Waals surface area contributed by atoms with Crippen LogP contribution in [-0.4, -0.2) is 93.2 Å². The van der Waals surface area contributed by atoms with Crippen molar-refractivity contribution < 1.29 is 14.7 Å². The Morgan fingerprint density at radius 3 is 2.59 bits per heavy atom. The van der Waals surface area contributed by atoms with E-state index in [1.165, 1.54) is 0 Å². The fourth-order valence-corrected chi connectivity index (χ4v) is 4.31. The van der Waals surface area contributed by atoms with Gasteiger partial charge in [-0.2, -0.15) is 5.10 Å². The molecule has 1 aromatic heterocycles. The maximum absolute atomic E-state index is 12.9. The molecule has 3 heterocycles. The number of nitrogens with one attached hydrogen (secondary N) is 1. The molecule has 0 aromatic carbocycles. The maximum Gasteiger partial charge on any atom is 0.274 e. The minimum atomic E-state index is -0.786. The van der Waals surface area contributed by atoms with Gasteiger partial charge in [-0.15, -0.1) is 0 Å². The van der Waals surface area contributed by atoms with Crippen LogP contribution >= 0.6 is 0 Å². The van der Waals surface area contributed by atoms with Crippen LogP contribution in [0.25, 0.3) is 0 Å². The zero-order chi connectivity index (χ0) is 20.9. The molecule has 2 fully saturated rings. The molecule has 1 atom stereocenters. The molecule has 2 saturated heterocycles. The van der Waals surface area contributed by atoms with Gasteiger partial charge in [0.1, 0.15) is 5.69 Å². The third-order valence-corrected chi connectivity index (χ3v) is 6.19. The van der Waals surface area contributed by atoms with Crippen LogP contribution in [-0.2, 0) is 11.2 Å². The minimum Gasteiger partial charge on any atom is -0.388 e. The summed E-state index contributed by atoms with van der Waals surface area (Å²) in [5.74, 6) is 0.0616. The van der Waals surface area contributed by atoms with E-state index >= 15 is 0 Å². The lowest BCUT2D eigenvalue weighted by atomic mass is 9.94. The zero-order valence-corrected chi connectivity index (χ0v) is 17.8. The van der Waals surface area contributed by atoms with Gasteiger partial charge in [-0.05, 0) is 38.2 Å². The second kappa shape index (κ2) is 9.71. The molecule has 0 radical (unpaired) electrons. The number of nitrogens with zero attached hydrogens (tertiary/aromatic N) is 4. The van der Waals surface area contributed by atoms with E-state index in [-0.39, 0.29) is 11.8 Å². The highest BCUT2D eigenvalue weighted by Crippen LogP contribution is 2.25. The van der Waals surface area contributed by atoms with Gasteiger partial charge in [-0.1, -0.05) is 13.3 Å². The number of β-amino-alcohol motifs (C(OH)–C–C–N with tert-alkyl or cyclic N) is 1. The SMILES string of the molecule is CCCCc1cc(C(=O)N2CCC[C@@](O)(CN3CCN(C(C)=O)CC3)CC2)n[nH]1. The molecule has 8 nitrogen and oxygen atoms in total. The highest BCUT2D eigenvalue weighted by Gasteiger charge is 2.34. The van der Waals surface area contributed by atoms with Crippen molar-refractivity contribution in [1.82, 2.24) is 24.9 Å². The van der Waals surface area contributed by atoms with E-state index in [0.29, 0.717) is 38.2 Å². The van der Waals surface area contributed by atoms with Gasteiger partial charge in [0, 0.05) is 58.4 Å². The predicted molar refractivity (Wildman–Crippen MR) is 111 cm³/mol. The molecule has 2 N–H and O–H groups in total. The summed E-state index contributed by atoms with van der Waals surface area (Å²) >= 11 is 0. The second-order valence-electron chi connectivity index (χ2n) is 8.53. The Morgan fingerprint density at radius 2 is 1.90 bits per heavy atom. The highest BCUT2D eigenvalue weighted by molar-refractivity contribution is 5.92. The van der Waals surface area contributed by atoms with Crippen molar-refractivity contribution in [2.75, 3.05) is 45.8 Å². The molecule has 2 amide bonds. The van der Waals surface area contributed by atoms with E-state index in [0.717, 1.165) is 57.6 Å². The molecule has 0 unspecified atom stereocenters. The third kappa shape index (κ3) is 5.79. The Kier molecular flexibility index (Phi) is 7.29. The van der Waals surface area contributed by atoms with Crippen molar-refractivity contribution in [3.05, 3.63) is 17.5 Å². The van der Waals surface area contributed by atoms with Gasteiger partial charge < -0.3 is 14.9 Å². The second-order valence-corrected chi connectivity index (χ2v) is 8.53. The van der Waals surface area contributed by atoms with Crippen LogP contribution in [0.15, 0.2) is 6.07 Å². The van der Waals surface area contributed by atoms with Crippen molar-refractivity contribution in [2.45, 2.75) is 58.0 Å². The highest BCUT2D eigenvalue weighted by atomic mass is 16.3. The largest absolute Gasteiger partial charge is 0.388 e. The molecular weight excluding hydrogens is 370 g/mol. The molecule has 3 rings (SSSR count). The number of amides is 2. The van der Waals surface area contributed by atoms with Gasteiger partial charge in [-0.3, -0.25) is 19.6 Å². The quantitative estimate of drug-likeness (QED) is 0.744. The van der Waals surface area contributed by atoms with Crippen LogP contribution in [0, 0.1) is 0 Å². The van der Waals surface area contributed by atoms with Crippen molar-refractivity contribution in [3.63, 3.8) is 0 Å². The first kappa shape index (κ1) is 21.8. The molecule has 0 bridgehead atoms. The maximum atomic E-state index is 12.9. The number of aryl methyl sites for hydroxylation is 1. The normalized spacial score (nSPS) is 23.8. The molecule has 1 aromatic rings. The fourth-order valence-electron chi connectivity index (χ4n) is 4.31. The predicted octanol–water partition coefficient (Wildman–Crippen LogP) is 1.27. The number of H-pyrrole nitrogens is 1. The average Bonchev–Trinajstić information content (AvgIpc) is 3.09. The number of rotatable bonds is 6. The topological polar surface area (TPSA) is 92.8 Å². The number of aromatic nitrogens is 2. The number of unbranched alkanes of at least 4 members (excludes halogenated alkanes) is 1. The monoisotopic (exact) mass is 405 g/mol. The number of aliphatic hydroxyl groups is 1. The molecule has 0 aliphatic carbocycles. The Labute approximate surface area is 173 Å². The Bertz CT molecular complexity index is 698. The Morgan fingerprint density at radius 1 is 1.14 bits per heavy atom. The van der Waals surface area contributed by atoms with Crippen LogP contribution in [0.1, 0.15) is 62.1 Å². The molecule has 2 aliphatic rings. The van der Waals surface area contributed by atoms with Gasteiger partial charge in [0.05, 0.1) is 5.60 Å². The molecule has 29 heavy (non-hydrogen) atoms. The summed E-state index contributed by atoms with van der Waals surface area (Å²) in [6.45, 7) is 8.55. The summed E-state index contributed by atoms with van der Waals surface area (Å²) in [4.78, 5) is 30.3. The first-order valence-electron chi connectivity index (χ1n) is 10.9. The number of hydrogen-bond acceptors (Lipinski definition) is 5. The molecular formula is C21H35N5O3. The van der Waals surface area contributed by atoms with E-state index in [1.807, 2.05) is 15.9 Å². The number of hydrogen-bond donors (Lipinski definition) is 2. The zero-order valence-electron chi connectivity index (χ0n) is 17.8. The van der Waals surface area contributed by atoms with Crippen LogP contribution in [0.3, 0.4) is 0 Å². The van der Waals surface area contributed by atoms with Gasteiger partial charge in [0.25, 0.3) is 5.91 Å². The van der Waals surface area contributed by atoms with Crippen molar-refractivity contribution in [3.8, 4) is 0 Å². The lowest BCUT2D eigenvalue weighted by Gasteiger charge is -2.39. The molecule has 162 valence electrons. The smallest absolute Gasteiger partial charge is 0.274 e. The fraction of sp³-hybridized carbons (Fsp3) is 0.762. The van der Waals surface area contributed by atoms with E-state index in [4.69, 9.17) is 0 Å². The van der Waals surface area contributed by atoms with Crippen LogP contribution < -0.4 is 0 Å². The lowest BCUT2D eigenvalue weighted by molar-refractivity contribution is -0.131. The number of piperazine rings is 1. The minimum absolute atomic E-state index is 0.0525. The van der Waals surface area contributed by atoms with Gasteiger partial charge in [0.2, 0.25) is 5.91 Å². The number of carbonyl (C=O) groups excluding carboxylic acids is 2. The molecule has 2 aliphatic heterocycles. The summed E-state index contributed by atoms with van der Waals surface area (Å²) in [5, 5.41) is 18.4. The lowest BCUT2D eigenvalue weighted by Crippen LogP contribution is -2.53. The first-order valence-corrected chi connectivity index (χ1v) is 10.9. The van der Waals surface area contributed by atoms with Crippen molar-refractivity contribution >= 4 is 11.8 Å². The molecule has 8 heteroatoms. The van der Waals surface area contributed by atoms with Gasteiger partial charge in [-0.25, -0.2) is 0 Å². The molecule has 0 spiro atoms. The summed E-state index contributed by atoms with van der Waals surface area (Å²) in [6.07, 6.45) is 5.13. The summed E-state index contributed by atoms with van der Waals surface area (Å²) < 4.78 is 0. The standard InChI is InChI=1S/C21H35N5O3/c1-3-4-6-18-15-19(23-22-18)20(28)26-9-5-7-21(29,8-10-26)16-24-11-13-25(14-12-24)17(2)27/h15,29H,3-14,16H2,1-2H3,(H,22,23)/t21-/m0/s1. The van der Waals surface area contributed by atoms with Crippen molar-refractivity contribution in [2.24, 2.45) is 0 Å². The first-order chi connectivity index (χ1) is 13.9. The summed E-state index contributed by atoms with van der Waals surface area (Å²) in [5.41, 5.74) is 0.693. The number of likely N-dealkylation sites (tertiary alicyclic amines) is 1. The van der Waals surface area contributed by atoms with E-state index in [2.05, 4.69) is 22.0 Å². The summed E-state index contributed by atoms with van der Waals surface area (Å²) in [7, 11) is 0. The summed E-state index contributed by atoms with van der Waals surface area (Å²) in [6, 6.07) is 1.86. The third-order valence-electron chi connectivity index (χ3n) is 6.19. The number of carbonyl (C=O) groups is 2. The van der Waals surface area contributed by atoms with Crippen LogP contribution in [0.2, 0.25) is 0 Å². The van der Waals surface area contributed by atoms with Gasteiger partial charge in [0.15, 0.2) is 0 Å².